The maximum Gasteiger partial charge on any atom is 0.162 e. The van der Waals surface area contributed by atoms with E-state index in [0.29, 0.717) is 6.42 Å². The van der Waals surface area contributed by atoms with Crippen LogP contribution in [0.1, 0.15) is 43.7 Å². The van der Waals surface area contributed by atoms with Gasteiger partial charge in [0, 0.05) is 40.9 Å². The largest absolute Gasteiger partial charge is 0.358 e. The molecule has 0 saturated carbocycles. The predicted molar refractivity (Wildman–Crippen MR) is 126 cm³/mol. The van der Waals surface area contributed by atoms with Crippen LogP contribution in [0.25, 0.3) is 21.7 Å². The van der Waals surface area contributed by atoms with Gasteiger partial charge in [-0.25, -0.2) is 0 Å². The van der Waals surface area contributed by atoms with Crippen molar-refractivity contribution in [1.82, 2.24) is 4.98 Å². The third-order valence-corrected chi connectivity index (χ3v) is 6.74. The molecule has 31 heavy (non-hydrogen) atoms. The first-order valence-corrected chi connectivity index (χ1v) is 10.9. The van der Waals surface area contributed by atoms with Gasteiger partial charge in [0.2, 0.25) is 0 Å². The summed E-state index contributed by atoms with van der Waals surface area (Å²) >= 11 is 0. The molecule has 6 rings (SSSR count). The maximum atomic E-state index is 13.6. The fourth-order valence-electron chi connectivity index (χ4n) is 5.50. The molecule has 0 radical (unpaired) electrons. The van der Waals surface area contributed by atoms with Gasteiger partial charge in [0.15, 0.2) is 5.78 Å². The van der Waals surface area contributed by atoms with Crippen LogP contribution in [0.3, 0.4) is 0 Å². The van der Waals surface area contributed by atoms with Crippen LogP contribution in [0.15, 0.2) is 84.2 Å². The Morgan fingerprint density at radius 1 is 0.903 bits per heavy atom. The lowest BCUT2D eigenvalue weighted by Gasteiger charge is -2.40. The summed E-state index contributed by atoms with van der Waals surface area (Å²) in [6.45, 7) is 4.37. The van der Waals surface area contributed by atoms with Gasteiger partial charge < -0.3 is 5.32 Å². The number of hydrogen-bond acceptors (Lipinski definition) is 3. The zero-order chi connectivity index (χ0) is 21.2. The maximum absolute atomic E-state index is 13.6. The summed E-state index contributed by atoms with van der Waals surface area (Å²) < 4.78 is 0. The summed E-state index contributed by atoms with van der Waals surface area (Å²) in [5.74, 6) is 0.150. The van der Waals surface area contributed by atoms with Crippen LogP contribution < -0.4 is 5.32 Å². The highest BCUT2D eigenvalue weighted by atomic mass is 16.1. The van der Waals surface area contributed by atoms with Crippen molar-refractivity contribution in [2.75, 3.05) is 5.32 Å². The molecule has 3 heteroatoms. The number of carbonyl (C=O) groups is 1. The summed E-state index contributed by atoms with van der Waals surface area (Å²) in [5.41, 5.74) is 6.37. The molecule has 2 heterocycles. The molecule has 0 fully saturated rings. The quantitative estimate of drug-likeness (QED) is 0.389. The molecule has 0 saturated heterocycles. The molecule has 1 N–H and O–H groups in total. The van der Waals surface area contributed by atoms with E-state index < -0.39 is 0 Å². The van der Waals surface area contributed by atoms with Gasteiger partial charge in [-0.05, 0) is 51.9 Å². The Bertz CT molecular complexity index is 1410. The van der Waals surface area contributed by atoms with Crippen LogP contribution in [0, 0.1) is 5.41 Å². The number of anilines is 1. The Labute approximate surface area is 181 Å². The highest BCUT2D eigenvalue weighted by Crippen LogP contribution is 2.51. The zero-order valence-electron chi connectivity index (χ0n) is 17.8. The van der Waals surface area contributed by atoms with Gasteiger partial charge in [-0.2, -0.15) is 0 Å². The van der Waals surface area contributed by atoms with Crippen molar-refractivity contribution < 1.29 is 4.79 Å². The first-order chi connectivity index (χ1) is 15.0. The minimum absolute atomic E-state index is 0.0396. The van der Waals surface area contributed by atoms with Crippen molar-refractivity contribution >= 4 is 33.1 Å². The third kappa shape index (κ3) is 2.80. The van der Waals surface area contributed by atoms with Gasteiger partial charge in [0.05, 0.1) is 5.52 Å². The van der Waals surface area contributed by atoms with E-state index in [4.69, 9.17) is 0 Å². The fraction of sp³-hybridized carbons (Fsp3) is 0.214. The van der Waals surface area contributed by atoms with E-state index in [9.17, 15) is 4.79 Å². The van der Waals surface area contributed by atoms with Gasteiger partial charge >= 0.3 is 0 Å². The van der Waals surface area contributed by atoms with Crippen LogP contribution in [0.5, 0.6) is 0 Å². The first kappa shape index (κ1) is 18.3. The molecule has 4 aromatic rings. The number of hydrogen-bond donors (Lipinski definition) is 1. The summed E-state index contributed by atoms with van der Waals surface area (Å²) in [5, 5.41) is 7.16. The molecule has 2 aliphatic rings. The number of fused-ring (bicyclic) bond motifs is 4. The molecular weight excluding hydrogens is 380 g/mol. The Kier molecular flexibility index (Phi) is 3.85. The molecule has 1 aliphatic heterocycles. The molecule has 0 spiro atoms. The average Bonchev–Trinajstić information content (AvgIpc) is 2.76. The smallest absolute Gasteiger partial charge is 0.162 e. The highest BCUT2D eigenvalue weighted by Gasteiger charge is 2.41. The minimum Gasteiger partial charge on any atom is -0.358 e. The second-order valence-corrected chi connectivity index (χ2v) is 9.56. The number of benzene rings is 3. The lowest BCUT2D eigenvalue weighted by Crippen LogP contribution is -2.34. The third-order valence-electron chi connectivity index (χ3n) is 6.74. The lowest BCUT2D eigenvalue weighted by atomic mass is 9.68. The van der Waals surface area contributed by atoms with Crippen molar-refractivity contribution in [2.45, 2.75) is 32.6 Å². The van der Waals surface area contributed by atoms with E-state index in [1.54, 1.807) is 0 Å². The molecular formula is C28H24N2O. The molecule has 3 aromatic carbocycles. The monoisotopic (exact) mass is 404 g/mol. The predicted octanol–water partition coefficient (Wildman–Crippen LogP) is 6.59. The SMILES string of the molecule is CC1(C)CC(=O)C2=C(C1)Nc1ccc3ncccc3c1C2c1cccc2ccccc12. The first-order valence-electron chi connectivity index (χ1n) is 10.9. The number of nitrogens with zero attached hydrogens (tertiary/aromatic N) is 1. The number of nitrogens with one attached hydrogen (secondary N) is 1. The van der Waals surface area contributed by atoms with E-state index in [-0.39, 0.29) is 17.1 Å². The van der Waals surface area contributed by atoms with Crippen molar-refractivity contribution in [3.63, 3.8) is 0 Å². The Hall–Kier alpha value is -3.46. The number of rotatable bonds is 1. The highest BCUT2D eigenvalue weighted by molar-refractivity contribution is 6.05. The second kappa shape index (κ2) is 6.52. The number of pyridine rings is 1. The van der Waals surface area contributed by atoms with Gasteiger partial charge in [-0.3, -0.25) is 9.78 Å². The van der Waals surface area contributed by atoms with Gasteiger partial charge in [-0.15, -0.1) is 0 Å². The molecule has 0 amide bonds. The summed E-state index contributed by atoms with van der Waals surface area (Å²) in [4.78, 5) is 18.2. The van der Waals surface area contributed by atoms with E-state index in [1.807, 2.05) is 12.3 Å². The zero-order valence-corrected chi connectivity index (χ0v) is 17.8. The number of aromatic nitrogens is 1. The summed E-state index contributed by atoms with van der Waals surface area (Å²) in [6.07, 6.45) is 3.28. The lowest BCUT2D eigenvalue weighted by molar-refractivity contribution is -0.118. The van der Waals surface area contributed by atoms with E-state index in [2.05, 4.69) is 84.8 Å². The second-order valence-electron chi connectivity index (χ2n) is 9.56. The Morgan fingerprint density at radius 2 is 1.71 bits per heavy atom. The number of carbonyl (C=O) groups excluding carboxylic acids is 1. The van der Waals surface area contributed by atoms with Crippen LogP contribution in [-0.4, -0.2) is 10.8 Å². The van der Waals surface area contributed by atoms with Crippen LogP contribution in [0.2, 0.25) is 0 Å². The number of ketones is 1. The molecule has 1 atom stereocenters. The molecule has 152 valence electrons. The Balaban J connectivity index is 1.72. The molecule has 0 bridgehead atoms. The molecule has 3 nitrogen and oxygen atoms in total. The molecule has 1 aliphatic carbocycles. The number of Topliss-reactive ketones (excluding diaryl/α,β-unsaturated/α-hetero) is 1. The van der Waals surface area contributed by atoms with Crippen LogP contribution >= 0.6 is 0 Å². The number of allylic oxidation sites excluding steroid dienone is 2. The van der Waals surface area contributed by atoms with Crippen LogP contribution in [-0.2, 0) is 4.79 Å². The van der Waals surface area contributed by atoms with E-state index in [0.717, 1.165) is 39.8 Å². The minimum atomic E-state index is -0.103. The van der Waals surface area contributed by atoms with Crippen molar-refractivity contribution in [3.05, 3.63) is 95.3 Å². The van der Waals surface area contributed by atoms with E-state index in [1.165, 1.54) is 16.3 Å². The standard InChI is InChI=1S/C28H24N2O/c1-28(2)15-23-27(24(31)16-28)26(19-10-5-8-17-7-3-4-9-18(17)19)25-20-11-6-14-29-21(20)12-13-22(25)30-23/h3-14,26,30H,15-16H2,1-2H3. The van der Waals surface area contributed by atoms with Gasteiger partial charge in [0.1, 0.15) is 0 Å². The van der Waals surface area contributed by atoms with Crippen LogP contribution in [0.4, 0.5) is 5.69 Å². The van der Waals surface area contributed by atoms with Gasteiger partial charge in [-0.1, -0.05) is 62.4 Å². The van der Waals surface area contributed by atoms with Crippen molar-refractivity contribution in [2.24, 2.45) is 5.41 Å². The Morgan fingerprint density at radius 3 is 2.61 bits per heavy atom. The molecule has 1 aromatic heterocycles. The topological polar surface area (TPSA) is 42.0 Å². The van der Waals surface area contributed by atoms with Crippen molar-refractivity contribution in [1.29, 1.82) is 0 Å². The summed E-state index contributed by atoms with van der Waals surface area (Å²) in [6, 6.07) is 23.2. The van der Waals surface area contributed by atoms with Crippen molar-refractivity contribution in [3.8, 4) is 0 Å². The fourth-order valence-corrected chi connectivity index (χ4v) is 5.50. The summed E-state index contributed by atoms with van der Waals surface area (Å²) in [7, 11) is 0. The van der Waals surface area contributed by atoms with E-state index >= 15 is 0 Å². The average molecular weight is 405 g/mol. The normalized spacial score (nSPS) is 19.8. The van der Waals surface area contributed by atoms with Gasteiger partial charge in [0.25, 0.3) is 0 Å². The molecule has 1 unspecified atom stereocenters.